The van der Waals surface area contributed by atoms with Crippen LogP contribution in [0.4, 0.5) is 19.6 Å². The highest BCUT2D eigenvalue weighted by Crippen LogP contribution is 2.27. The fraction of sp³-hybridized carbons (Fsp3) is 0.0417. The number of aromatic nitrogens is 1. The molecule has 1 aromatic heterocycles. The van der Waals surface area contributed by atoms with E-state index < -0.39 is 24.2 Å². The van der Waals surface area contributed by atoms with Gasteiger partial charge in [-0.2, -0.15) is 0 Å². The number of carbonyl (C=O) groups is 2. The molecule has 0 bridgehead atoms. The van der Waals surface area contributed by atoms with E-state index in [0.29, 0.717) is 16.4 Å². The molecule has 0 aliphatic carbocycles. The van der Waals surface area contributed by atoms with Gasteiger partial charge in [-0.3, -0.25) is 14.9 Å². The fourth-order valence-electron chi connectivity index (χ4n) is 2.95. The Balaban J connectivity index is 1.41. The average molecular weight is 465 g/mol. The number of benzene rings is 3. The van der Waals surface area contributed by atoms with E-state index in [2.05, 4.69) is 15.6 Å². The molecule has 0 aliphatic heterocycles. The maximum atomic E-state index is 13.7. The number of halogens is 2. The van der Waals surface area contributed by atoms with E-state index in [1.54, 1.807) is 47.8 Å². The Morgan fingerprint density at radius 3 is 2.55 bits per heavy atom. The lowest BCUT2D eigenvalue weighted by molar-refractivity contribution is -0.118. The van der Waals surface area contributed by atoms with Crippen LogP contribution in [0.3, 0.4) is 0 Å². The van der Waals surface area contributed by atoms with Crippen molar-refractivity contribution in [1.82, 2.24) is 4.98 Å². The van der Waals surface area contributed by atoms with E-state index in [0.717, 1.165) is 0 Å². The number of amides is 2. The first-order chi connectivity index (χ1) is 16.0. The van der Waals surface area contributed by atoms with Crippen molar-refractivity contribution < 1.29 is 23.1 Å². The quantitative estimate of drug-likeness (QED) is 0.385. The third kappa shape index (κ3) is 5.58. The molecule has 3 aromatic carbocycles. The van der Waals surface area contributed by atoms with E-state index in [9.17, 15) is 18.4 Å². The van der Waals surface area contributed by atoms with E-state index >= 15 is 0 Å². The maximum absolute atomic E-state index is 13.7. The number of para-hydroxylation sites is 2. The Kier molecular flexibility index (Phi) is 6.70. The highest BCUT2D eigenvalue weighted by Gasteiger charge is 2.16. The van der Waals surface area contributed by atoms with Crippen LogP contribution in [0.2, 0.25) is 0 Å². The summed E-state index contributed by atoms with van der Waals surface area (Å²) in [4.78, 5) is 29.2. The van der Waals surface area contributed by atoms with Gasteiger partial charge in [-0.1, -0.05) is 36.4 Å². The lowest BCUT2D eigenvalue weighted by atomic mass is 10.2. The van der Waals surface area contributed by atoms with Crippen molar-refractivity contribution in [3.8, 4) is 17.0 Å². The zero-order valence-electron chi connectivity index (χ0n) is 17.0. The largest absolute Gasteiger partial charge is 0.483 e. The summed E-state index contributed by atoms with van der Waals surface area (Å²) in [5.41, 5.74) is 1.36. The van der Waals surface area contributed by atoms with Gasteiger partial charge in [0, 0.05) is 10.9 Å². The molecule has 4 rings (SSSR count). The molecule has 166 valence electrons. The van der Waals surface area contributed by atoms with Crippen molar-refractivity contribution in [1.29, 1.82) is 0 Å². The molecule has 0 aliphatic rings. The van der Waals surface area contributed by atoms with Gasteiger partial charge >= 0.3 is 0 Å². The predicted octanol–water partition coefficient (Wildman–Crippen LogP) is 5.36. The maximum Gasteiger partial charge on any atom is 0.262 e. The number of nitrogens with zero attached hydrogens (tertiary/aromatic N) is 1. The van der Waals surface area contributed by atoms with Gasteiger partial charge < -0.3 is 10.1 Å². The van der Waals surface area contributed by atoms with Gasteiger partial charge in [-0.25, -0.2) is 13.8 Å². The minimum Gasteiger partial charge on any atom is -0.483 e. The minimum absolute atomic E-state index is 0.0370. The molecule has 2 amide bonds. The van der Waals surface area contributed by atoms with Crippen LogP contribution in [0, 0.1) is 11.6 Å². The number of hydrogen-bond acceptors (Lipinski definition) is 5. The predicted molar refractivity (Wildman–Crippen MR) is 122 cm³/mol. The summed E-state index contributed by atoms with van der Waals surface area (Å²) in [6, 6.07) is 18.2. The standard InChI is InChI=1S/C24H17F2N3O3S/c25-16-7-5-6-15(12-16)20-14-33-24(28-20)29-23(31)17-8-1-4-11-21(17)32-13-22(30)27-19-10-3-2-9-18(19)26/h1-12,14H,13H2,(H,27,30)(H,28,29,31). The summed E-state index contributed by atoms with van der Waals surface area (Å²) >= 11 is 1.19. The number of anilines is 2. The monoisotopic (exact) mass is 465 g/mol. The molecule has 0 saturated heterocycles. The van der Waals surface area contributed by atoms with Crippen molar-refractivity contribution in [3.63, 3.8) is 0 Å². The second-order valence-electron chi connectivity index (χ2n) is 6.82. The Labute approximate surface area is 191 Å². The van der Waals surface area contributed by atoms with Crippen molar-refractivity contribution in [2.24, 2.45) is 0 Å². The van der Waals surface area contributed by atoms with Gasteiger partial charge in [0.15, 0.2) is 11.7 Å². The number of rotatable bonds is 7. The second-order valence-corrected chi connectivity index (χ2v) is 7.67. The first-order valence-electron chi connectivity index (χ1n) is 9.78. The molecule has 1 heterocycles. The van der Waals surface area contributed by atoms with Gasteiger partial charge in [0.2, 0.25) is 0 Å². The molecule has 0 unspecified atom stereocenters. The fourth-order valence-corrected chi connectivity index (χ4v) is 3.66. The third-order valence-corrected chi connectivity index (χ3v) is 5.24. The highest BCUT2D eigenvalue weighted by atomic mass is 32.1. The Hall–Kier alpha value is -4.11. The summed E-state index contributed by atoms with van der Waals surface area (Å²) in [7, 11) is 0. The van der Waals surface area contributed by atoms with Crippen LogP contribution in [0.5, 0.6) is 5.75 Å². The first-order valence-corrected chi connectivity index (χ1v) is 10.7. The van der Waals surface area contributed by atoms with E-state index in [-0.39, 0.29) is 22.8 Å². The lowest BCUT2D eigenvalue weighted by Crippen LogP contribution is -2.22. The molecule has 9 heteroatoms. The summed E-state index contributed by atoms with van der Waals surface area (Å²) in [5, 5.41) is 7.13. The molecule has 0 spiro atoms. The molecule has 4 aromatic rings. The molecule has 0 saturated carbocycles. The van der Waals surface area contributed by atoms with Gasteiger partial charge in [0.1, 0.15) is 17.4 Å². The normalized spacial score (nSPS) is 10.5. The molecule has 2 N–H and O–H groups in total. The SMILES string of the molecule is O=C(COc1ccccc1C(=O)Nc1nc(-c2cccc(F)c2)cs1)Nc1ccccc1F. The summed E-state index contributed by atoms with van der Waals surface area (Å²) in [6.07, 6.45) is 0. The molecular formula is C24H17F2N3O3S. The van der Waals surface area contributed by atoms with E-state index in [1.165, 1.54) is 41.7 Å². The average Bonchev–Trinajstić information content (AvgIpc) is 3.28. The Bertz CT molecular complexity index is 1310. The smallest absolute Gasteiger partial charge is 0.262 e. The Morgan fingerprint density at radius 2 is 1.73 bits per heavy atom. The lowest BCUT2D eigenvalue weighted by Gasteiger charge is -2.11. The Morgan fingerprint density at radius 1 is 0.939 bits per heavy atom. The molecule has 0 radical (unpaired) electrons. The number of carbonyl (C=O) groups excluding carboxylic acids is 2. The third-order valence-electron chi connectivity index (χ3n) is 4.48. The minimum atomic E-state index is -0.574. The van der Waals surface area contributed by atoms with Gasteiger partial charge in [-0.15, -0.1) is 11.3 Å². The van der Waals surface area contributed by atoms with Crippen molar-refractivity contribution >= 4 is 34.0 Å². The zero-order valence-corrected chi connectivity index (χ0v) is 17.9. The summed E-state index contributed by atoms with van der Waals surface area (Å²) in [5.74, 6) is -1.82. The number of ether oxygens (including phenoxy) is 1. The van der Waals surface area contributed by atoms with E-state index in [4.69, 9.17) is 4.74 Å². The van der Waals surface area contributed by atoms with Crippen molar-refractivity contribution in [2.45, 2.75) is 0 Å². The number of hydrogen-bond donors (Lipinski definition) is 2. The van der Waals surface area contributed by atoms with Crippen LogP contribution < -0.4 is 15.4 Å². The number of thiazole rings is 1. The zero-order chi connectivity index (χ0) is 23.2. The van der Waals surface area contributed by atoms with Crippen LogP contribution >= 0.6 is 11.3 Å². The molecule has 0 fully saturated rings. The van der Waals surface area contributed by atoms with Crippen molar-refractivity contribution in [2.75, 3.05) is 17.2 Å². The molecule has 33 heavy (non-hydrogen) atoms. The van der Waals surface area contributed by atoms with Crippen LogP contribution in [-0.2, 0) is 4.79 Å². The topological polar surface area (TPSA) is 80.3 Å². The van der Waals surface area contributed by atoms with Crippen LogP contribution in [0.15, 0.2) is 78.2 Å². The van der Waals surface area contributed by atoms with Crippen LogP contribution in [-0.4, -0.2) is 23.4 Å². The summed E-state index contributed by atoms with van der Waals surface area (Å²) in [6.45, 7) is -0.417. The van der Waals surface area contributed by atoms with Gasteiger partial charge in [-0.05, 0) is 36.4 Å². The van der Waals surface area contributed by atoms with E-state index in [1.807, 2.05) is 0 Å². The van der Waals surface area contributed by atoms with Gasteiger partial charge in [0.25, 0.3) is 11.8 Å². The second kappa shape index (κ2) is 10.0. The first kappa shape index (κ1) is 22.1. The molecular weight excluding hydrogens is 448 g/mol. The van der Waals surface area contributed by atoms with Crippen LogP contribution in [0.25, 0.3) is 11.3 Å². The number of nitrogens with one attached hydrogen (secondary N) is 2. The van der Waals surface area contributed by atoms with Gasteiger partial charge in [0.05, 0.1) is 16.9 Å². The summed E-state index contributed by atoms with van der Waals surface area (Å²) < 4.78 is 32.6. The van der Waals surface area contributed by atoms with Crippen LogP contribution in [0.1, 0.15) is 10.4 Å². The highest BCUT2D eigenvalue weighted by molar-refractivity contribution is 7.14. The molecule has 6 nitrogen and oxygen atoms in total. The molecule has 0 atom stereocenters. The van der Waals surface area contributed by atoms with Crippen molar-refractivity contribution in [3.05, 3.63) is 95.4 Å².